The molecule has 2 aliphatic rings. The lowest BCUT2D eigenvalue weighted by Gasteiger charge is -2.42. The number of amides is 2. The van der Waals surface area contributed by atoms with Crippen LogP contribution < -0.4 is 10.6 Å². The molecule has 0 radical (unpaired) electrons. The van der Waals surface area contributed by atoms with Gasteiger partial charge in [0.15, 0.2) is 0 Å². The molecule has 2 fully saturated rings. The number of carbonyl (C=O) groups is 1. The minimum Gasteiger partial charge on any atom is -0.326 e. The van der Waals surface area contributed by atoms with Gasteiger partial charge in [-0.2, -0.15) is 17.5 Å². The Labute approximate surface area is 139 Å². The first-order chi connectivity index (χ1) is 11.0. The molecule has 1 atom stereocenters. The fourth-order valence-electron chi connectivity index (χ4n) is 2.75. The Hall–Kier alpha value is -1.07. The van der Waals surface area contributed by atoms with Gasteiger partial charge in [-0.05, 0) is 5.92 Å². The molecule has 0 aromatic heterocycles. The topological polar surface area (TPSA) is 81.8 Å². The van der Waals surface area contributed by atoms with Crippen LogP contribution in [-0.4, -0.2) is 80.4 Å². The highest BCUT2D eigenvalue weighted by molar-refractivity contribution is 7.89. The molecule has 24 heavy (non-hydrogen) atoms. The molecule has 2 N–H and O–H groups in total. The number of likely N-dealkylation sites (tertiary alicyclic amines) is 1. The number of halogens is 3. The number of rotatable bonds is 4. The molecule has 140 valence electrons. The first kappa shape index (κ1) is 19.3. The number of sulfonamides is 1. The van der Waals surface area contributed by atoms with E-state index in [0.29, 0.717) is 26.2 Å². The Balaban J connectivity index is 1.90. The highest BCUT2D eigenvalue weighted by Crippen LogP contribution is 2.27. The molecule has 0 aromatic carbocycles. The van der Waals surface area contributed by atoms with Gasteiger partial charge in [0.2, 0.25) is 10.0 Å². The lowest BCUT2D eigenvalue weighted by molar-refractivity contribution is -0.162. The molecule has 0 spiro atoms. The first-order valence-corrected chi connectivity index (χ1v) is 9.35. The SMILES string of the molecule is CC(C)[C@H](NC(=O)N1CC(S(=O)(=O)N2CCNCC2)C1)C(F)(F)F. The van der Waals surface area contributed by atoms with Crippen LogP contribution in [0.2, 0.25) is 0 Å². The molecule has 0 bridgehead atoms. The van der Waals surface area contributed by atoms with Crippen LogP contribution in [0.1, 0.15) is 13.8 Å². The third-order valence-corrected chi connectivity index (χ3v) is 6.52. The summed E-state index contributed by atoms with van der Waals surface area (Å²) in [5.41, 5.74) is 0. The summed E-state index contributed by atoms with van der Waals surface area (Å²) in [7, 11) is -3.52. The summed E-state index contributed by atoms with van der Waals surface area (Å²) in [6, 6.07) is -2.83. The fourth-order valence-corrected chi connectivity index (χ4v) is 4.60. The Bertz CT molecular complexity index is 555. The summed E-state index contributed by atoms with van der Waals surface area (Å²) in [6.07, 6.45) is -4.54. The summed E-state index contributed by atoms with van der Waals surface area (Å²) in [5.74, 6) is -0.810. The maximum Gasteiger partial charge on any atom is 0.408 e. The molecular weight excluding hydrogens is 349 g/mol. The summed E-state index contributed by atoms with van der Waals surface area (Å²) in [6.45, 7) is 4.44. The van der Waals surface area contributed by atoms with Gasteiger partial charge in [-0.1, -0.05) is 13.8 Å². The van der Waals surface area contributed by atoms with E-state index in [9.17, 15) is 26.4 Å². The molecule has 0 aliphatic carbocycles. The van der Waals surface area contributed by atoms with E-state index in [0.717, 1.165) is 4.90 Å². The second-order valence-electron chi connectivity index (χ2n) is 6.43. The van der Waals surface area contributed by atoms with Crippen molar-refractivity contribution in [2.45, 2.75) is 31.3 Å². The zero-order valence-corrected chi connectivity index (χ0v) is 14.5. The minimum atomic E-state index is -4.54. The van der Waals surface area contributed by atoms with Crippen LogP contribution in [0, 0.1) is 5.92 Å². The molecule has 7 nitrogen and oxygen atoms in total. The van der Waals surface area contributed by atoms with Crippen molar-refractivity contribution in [1.82, 2.24) is 19.8 Å². The Morgan fingerprint density at radius 2 is 1.75 bits per heavy atom. The summed E-state index contributed by atoms with van der Waals surface area (Å²) >= 11 is 0. The van der Waals surface area contributed by atoms with E-state index in [1.165, 1.54) is 18.2 Å². The van der Waals surface area contributed by atoms with Gasteiger partial charge < -0.3 is 15.5 Å². The van der Waals surface area contributed by atoms with Crippen LogP contribution in [0.3, 0.4) is 0 Å². The van der Waals surface area contributed by atoms with Crippen molar-refractivity contribution in [3.63, 3.8) is 0 Å². The number of piperazine rings is 1. The van der Waals surface area contributed by atoms with Crippen LogP contribution in [0.4, 0.5) is 18.0 Å². The zero-order valence-electron chi connectivity index (χ0n) is 13.6. The van der Waals surface area contributed by atoms with Crippen molar-refractivity contribution < 1.29 is 26.4 Å². The average Bonchev–Trinajstić information content (AvgIpc) is 2.42. The molecule has 11 heteroatoms. The summed E-state index contributed by atoms with van der Waals surface area (Å²) in [4.78, 5) is 13.0. The van der Waals surface area contributed by atoms with Crippen LogP contribution in [0.25, 0.3) is 0 Å². The van der Waals surface area contributed by atoms with Gasteiger partial charge in [0.25, 0.3) is 0 Å². The van der Waals surface area contributed by atoms with E-state index in [4.69, 9.17) is 0 Å². The third kappa shape index (κ3) is 4.12. The number of alkyl halides is 3. The lowest BCUT2D eigenvalue weighted by Crippen LogP contribution is -2.65. The number of carbonyl (C=O) groups excluding carboxylic acids is 1. The summed E-state index contributed by atoms with van der Waals surface area (Å²) in [5, 5.41) is 4.26. The van der Waals surface area contributed by atoms with E-state index in [1.807, 2.05) is 5.32 Å². The molecule has 2 amide bonds. The lowest BCUT2D eigenvalue weighted by atomic mass is 10.0. The Kier molecular flexibility index (Phi) is 5.65. The van der Waals surface area contributed by atoms with Gasteiger partial charge in [-0.15, -0.1) is 0 Å². The van der Waals surface area contributed by atoms with Gasteiger partial charge in [0.1, 0.15) is 11.3 Å². The van der Waals surface area contributed by atoms with Crippen LogP contribution in [0.15, 0.2) is 0 Å². The standard InChI is InChI=1S/C13H23F3N4O3S/c1-9(2)11(13(14,15)16)18-12(21)19-7-10(8-19)24(22,23)20-5-3-17-4-6-20/h9-11,17H,3-8H2,1-2H3,(H,18,21)/t11-/m0/s1. The molecule has 0 unspecified atom stereocenters. The molecule has 0 aromatic rings. The van der Waals surface area contributed by atoms with Gasteiger partial charge in [-0.3, -0.25) is 0 Å². The summed E-state index contributed by atoms with van der Waals surface area (Å²) < 4.78 is 64.8. The monoisotopic (exact) mass is 372 g/mol. The van der Waals surface area contributed by atoms with Crippen molar-refractivity contribution in [3.05, 3.63) is 0 Å². The number of hydrogen-bond donors (Lipinski definition) is 2. The number of hydrogen-bond acceptors (Lipinski definition) is 4. The Morgan fingerprint density at radius 3 is 2.21 bits per heavy atom. The van der Waals surface area contributed by atoms with Crippen molar-refractivity contribution in [2.75, 3.05) is 39.3 Å². The highest BCUT2D eigenvalue weighted by Gasteiger charge is 2.46. The fraction of sp³-hybridized carbons (Fsp3) is 0.923. The third-order valence-electron chi connectivity index (χ3n) is 4.29. The predicted molar refractivity (Wildman–Crippen MR) is 81.9 cm³/mol. The van der Waals surface area contributed by atoms with Crippen molar-refractivity contribution >= 4 is 16.1 Å². The van der Waals surface area contributed by atoms with Gasteiger partial charge in [0.05, 0.1) is 0 Å². The maximum atomic E-state index is 12.9. The van der Waals surface area contributed by atoms with E-state index < -0.39 is 39.4 Å². The van der Waals surface area contributed by atoms with E-state index in [1.54, 1.807) is 0 Å². The number of urea groups is 1. The quantitative estimate of drug-likeness (QED) is 0.739. The minimum absolute atomic E-state index is 0.0826. The largest absolute Gasteiger partial charge is 0.408 e. The molecule has 2 rings (SSSR count). The van der Waals surface area contributed by atoms with E-state index in [-0.39, 0.29) is 13.1 Å². The average molecular weight is 372 g/mol. The number of nitrogens with one attached hydrogen (secondary N) is 2. The molecule has 2 saturated heterocycles. The van der Waals surface area contributed by atoms with Crippen LogP contribution >= 0.6 is 0 Å². The first-order valence-electron chi connectivity index (χ1n) is 7.85. The number of nitrogens with zero attached hydrogens (tertiary/aromatic N) is 2. The second-order valence-corrected chi connectivity index (χ2v) is 8.65. The molecule has 2 heterocycles. The molecular formula is C13H23F3N4O3S. The predicted octanol–water partition coefficient (Wildman–Crippen LogP) is 0.202. The maximum absolute atomic E-state index is 12.9. The van der Waals surface area contributed by atoms with Gasteiger partial charge >= 0.3 is 12.2 Å². The van der Waals surface area contributed by atoms with Crippen molar-refractivity contribution in [3.8, 4) is 0 Å². The Morgan fingerprint density at radius 1 is 1.21 bits per heavy atom. The van der Waals surface area contributed by atoms with Crippen molar-refractivity contribution in [1.29, 1.82) is 0 Å². The van der Waals surface area contributed by atoms with Crippen LogP contribution in [-0.2, 0) is 10.0 Å². The zero-order chi connectivity index (χ0) is 18.1. The molecule has 2 aliphatic heterocycles. The van der Waals surface area contributed by atoms with E-state index in [2.05, 4.69) is 5.32 Å². The van der Waals surface area contributed by atoms with Crippen molar-refractivity contribution in [2.24, 2.45) is 5.92 Å². The normalized spacial score (nSPS) is 22.3. The van der Waals surface area contributed by atoms with Gasteiger partial charge in [0, 0.05) is 39.3 Å². The molecule has 0 saturated carbocycles. The van der Waals surface area contributed by atoms with E-state index >= 15 is 0 Å². The second kappa shape index (κ2) is 7.04. The van der Waals surface area contributed by atoms with Gasteiger partial charge in [-0.25, -0.2) is 13.2 Å². The smallest absolute Gasteiger partial charge is 0.326 e. The highest BCUT2D eigenvalue weighted by atomic mass is 32.2. The van der Waals surface area contributed by atoms with Crippen LogP contribution in [0.5, 0.6) is 0 Å².